The first kappa shape index (κ1) is 15.1. The van der Waals surface area contributed by atoms with Gasteiger partial charge in [0.25, 0.3) is 0 Å². The van der Waals surface area contributed by atoms with Crippen LogP contribution < -0.4 is 0 Å². The molecule has 0 N–H and O–H groups in total. The molecule has 1 aromatic heterocycles. The summed E-state index contributed by atoms with van der Waals surface area (Å²) in [5.41, 5.74) is 0.587. The Morgan fingerprint density at radius 3 is 2.65 bits per heavy atom. The second-order valence-corrected chi connectivity index (χ2v) is 8.81. The molecule has 1 heterocycles. The number of hydrogen-bond acceptors (Lipinski definition) is 7. The Labute approximate surface area is 118 Å². The van der Waals surface area contributed by atoms with E-state index in [0.717, 1.165) is 8.68 Å². The third-order valence-electron chi connectivity index (χ3n) is 1.45. The molecule has 0 atom stereocenters. The van der Waals surface area contributed by atoms with Crippen molar-refractivity contribution in [1.29, 1.82) is 0 Å². The Hall–Kier alpha value is 0.0200. The zero-order valence-corrected chi connectivity index (χ0v) is 13.2. The summed E-state index contributed by atoms with van der Waals surface area (Å²) in [7, 11) is 0. The van der Waals surface area contributed by atoms with Crippen LogP contribution >= 0.6 is 46.6 Å². The lowest BCUT2D eigenvalue weighted by atomic mass is 10.4. The van der Waals surface area contributed by atoms with E-state index in [2.05, 4.69) is 30.6 Å². The maximum absolute atomic E-state index is 11.3. The Morgan fingerprint density at radius 2 is 2.06 bits per heavy atom. The Bertz CT molecular complexity index is 403. The molecule has 0 aliphatic heterocycles. The Morgan fingerprint density at radius 1 is 1.41 bits per heavy atom. The van der Waals surface area contributed by atoms with Crippen LogP contribution in [0.25, 0.3) is 0 Å². The minimum atomic E-state index is 0.0406. The van der Waals surface area contributed by atoms with Gasteiger partial charge in [-0.05, 0) is 12.5 Å². The predicted octanol–water partition coefficient (Wildman–Crippen LogP) is 3.92. The van der Waals surface area contributed by atoms with Crippen molar-refractivity contribution in [3.63, 3.8) is 0 Å². The second-order valence-electron chi connectivity index (χ2n) is 3.47. The van der Waals surface area contributed by atoms with E-state index in [0.29, 0.717) is 15.9 Å². The number of nitrogens with zero attached hydrogens (tertiary/aromatic N) is 2. The van der Waals surface area contributed by atoms with Crippen molar-refractivity contribution in [1.82, 2.24) is 10.2 Å². The summed E-state index contributed by atoms with van der Waals surface area (Å²) in [5.74, 6) is 0. The molecule has 1 rings (SSSR count). The van der Waals surface area contributed by atoms with Crippen LogP contribution in [0.2, 0.25) is 0 Å². The quantitative estimate of drug-likeness (QED) is 0.451. The molecular weight excluding hydrogens is 292 g/mol. The first-order valence-electron chi connectivity index (χ1n) is 4.94. The van der Waals surface area contributed by atoms with E-state index in [9.17, 15) is 4.79 Å². The molecule has 3 nitrogen and oxygen atoms in total. The predicted molar refractivity (Wildman–Crippen MR) is 79.0 cm³/mol. The fourth-order valence-electron chi connectivity index (χ4n) is 0.761. The molecule has 1 aromatic rings. The maximum Gasteiger partial charge on any atom is 0.215 e. The fourth-order valence-corrected chi connectivity index (χ4v) is 5.05. The van der Waals surface area contributed by atoms with Gasteiger partial charge in [-0.25, -0.2) is 0 Å². The maximum atomic E-state index is 11.3. The van der Waals surface area contributed by atoms with E-state index >= 15 is 0 Å². The van der Waals surface area contributed by atoms with Crippen LogP contribution in [0.5, 0.6) is 0 Å². The SMILES string of the molecule is C=C(C)C(=O)SCSc1nnc(SC(C)C)s1. The van der Waals surface area contributed by atoms with Gasteiger partial charge in [0.2, 0.25) is 5.12 Å². The van der Waals surface area contributed by atoms with Crippen molar-refractivity contribution in [2.24, 2.45) is 0 Å². The molecule has 94 valence electrons. The summed E-state index contributed by atoms with van der Waals surface area (Å²) in [6, 6.07) is 0. The summed E-state index contributed by atoms with van der Waals surface area (Å²) in [5, 5.41) is 9.38. The molecule has 0 aliphatic rings. The highest BCUT2D eigenvalue weighted by Gasteiger charge is 2.09. The highest BCUT2D eigenvalue weighted by Crippen LogP contribution is 2.32. The molecule has 0 unspecified atom stereocenters. The molecular formula is C10H14N2OS4. The van der Waals surface area contributed by atoms with Gasteiger partial charge in [0.15, 0.2) is 8.68 Å². The summed E-state index contributed by atoms with van der Waals surface area (Å²) in [6.07, 6.45) is 0. The molecule has 7 heteroatoms. The fraction of sp³-hybridized carbons (Fsp3) is 0.500. The van der Waals surface area contributed by atoms with Gasteiger partial charge in [0, 0.05) is 5.25 Å². The van der Waals surface area contributed by atoms with Crippen LogP contribution in [0.15, 0.2) is 20.8 Å². The largest absolute Gasteiger partial charge is 0.282 e. The highest BCUT2D eigenvalue weighted by atomic mass is 32.2. The molecule has 0 aliphatic carbocycles. The van der Waals surface area contributed by atoms with Crippen LogP contribution in [-0.2, 0) is 4.79 Å². The average Bonchev–Trinajstić information content (AvgIpc) is 2.64. The number of rotatable bonds is 6. The molecule has 0 spiro atoms. The number of aromatic nitrogens is 2. The first-order valence-corrected chi connectivity index (χ1v) is 8.61. The van der Waals surface area contributed by atoms with Gasteiger partial charge in [-0.1, -0.05) is 67.0 Å². The molecule has 0 aromatic carbocycles. The van der Waals surface area contributed by atoms with Crippen molar-refractivity contribution in [2.45, 2.75) is 34.7 Å². The number of thioether (sulfide) groups is 3. The van der Waals surface area contributed by atoms with E-state index in [-0.39, 0.29) is 5.12 Å². The lowest BCUT2D eigenvalue weighted by molar-refractivity contribution is -0.107. The van der Waals surface area contributed by atoms with Gasteiger partial charge in [-0.15, -0.1) is 10.2 Å². The normalized spacial score (nSPS) is 10.8. The summed E-state index contributed by atoms with van der Waals surface area (Å²) >= 11 is 6.09. The van der Waals surface area contributed by atoms with E-state index < -0.39 is 0 Å². The molecule has 0 fully saturated rings. The Kier molecular flexibility index (Phi) is 6.61. The zero-order chi connectivity index (χ0) is 12.8. The summed E-state index contributed by atoms with van der Waals surface area (Å²) < 4.78 is 1.90. The summed E-state index contributed by atoms with van der Waals surface area (Å²) in [6.45, 7) is 9.58. The molecule has 17 heavy (non-hydrogen) atoms. The van der Waals surface area contributed by atoms with E-state index in [1.165, 1.54) is 11.8 Å². The molecule has 0 saturated carbocycles. The van der Waals surface area contributed by atoms with Crippen LogP contribution in [0.4, 0.5) is 0 Å². The molecule has 0 saturated heterocycles. The van der Waals surface area contributed by atoms with Gasteiger partial charge in [-0.2, -0.15) is 0 Å². The van der Waals surface area contributed by atoms with E-state index in [1.807, 2.05) is 0 Å². The smallest absolute Gasteiger partial charge is 0.215 e. The number of hydrogen-bond donors (Lipinski definition) is 0. The van der Waals surface area contributed by atoms with Crippen molar-refractivity contribution in [3.05, 3.63) is 12.2 Å². The van der Waals surface area contributed by atoms with Crippen LogP contribution in [0.3, 0.4) is 0 Å². The minimum absolute atomic E-state index is 0.0406. The van der Waals surface area contributed by atoms with Crippen LogP contribution in [0.1, 0.15) is 20.8 Å². The zero-order valence-electron chi connectivity index (χ0n) is 9.93. The topological polar surface area (TPSA) is 42.9 Å². The molecule has 0 bridgehead atoms. The van der Waals surface area contributed by atoms with Crippen molar-refractivity contribution >= 4 is 51.7 Å². The highest BCUT2D eigenvalue weighted by molar-refractivity contribution is 8.24. The van der Waals surface area contributed by atoms with E-state index in [1.54, 1.807) is 41.8 Å². The average molecular weight is 307 g/mol. The monoisotopic (exact) mass is 306 g/mol. The minimum Gasteiger partial charge on any atom is -0.282 e. The third kappa shape index (κ3) is 5.94. The lowest BCUT2D eigenvalue weighted by Crippen LogP contribution is -1.91. The summed E-state index contributed by atoms with van der Waals surface area (Å²) in [4.78, 5) is 11.3. The first-order chi connectivity index (χ1) is 7.99. The van der Waals surface area contributed by atoms with Gasteiger partial charge in [0.05, 0.1) is 5.08 Å². The van der Waals surface area contributed by atoms with E-state index in [4.69, 9.17) is 0 Å². The van der Waals surface area contributed by atoms with Crippen molar-refractivity contribution < 1.29 is 4.79 Å². The van der Waals surface area contributed by atoms with Crippen LogP contribution in [-0.4, -0.2) is 25.6 Å². The molecule has 0 amide bonds. The van der Waals surface area contributed by atoms with Gasteiger partial charge < -0.3 is 0 Å². The third-order valence-corrected chi connectivity index (χ3v) is 5.74. The van der Waals surface area contributed by atoms with Gasteiger partial charge in [-0.3, -0.25) is 4.79 Å². The number of carbonyl (C=O) groups excluding carboxylic acids is 1. The second kappa shape index (κ2) is 7.45. The Balaban J connectivity index is 2.35. The van der Waals surface area contributed by atoms with Gasteiger partial charge >= 0.3 is 0 Å². The number of carbonyl (C=O) groups is 1. The van der Waals surface area contributed by atoms with Crippen molar-refractivity contribution in [3.8, 4) is 0 Å². The standard InChI is InChI=1S/C10H14N2OS4/c1-6(2)8(13)14-5-15-9-11-12-10(17-9)16-7(3)4/h7H,1,5H2,2-4H3. The lowest BCUT2D eigenvalue weighted by Gasteiger charge is -1.97. The van der Waals surface area contributed by atoms with Gasteiger partial charge in [0.1, 0.15) is 0 Å². The van der Waals surface area contributed by atoms with Crippen LogP contribution in [0, 0.1) is 0 Å². The van der Waals surface area contributed by atoms with Crippen molar-refractivity contribution in [2.75, 3.05) is 5.08 Å². The molecule has 0 radical (unpaired) electrons.